The molecule has 101 heavy (non-hydrogen) atoms. The van der Waals surface area contributed by atoms with Crippen molar-refractivity contribution in [1.29, 1.82) is 0 Å². The van der Waals surface area contributed by atoms with Gasteiger partial charge < -0.3 is 55.6 Å². The van der Waals surface area contributed by atoms with Gasteiger partial charge in [-0.25, -0.2) is 19.3 Å². The summed E-state index contributed by atoms with van der Waals surface area (Å²) in [7, 11) is -3.67. The number of aromatic hydroxyl groups is 4. The maximum atomic E-state index is 12.7. The van der Waals surface area contributed by atoms with Crippen molar-refractivity contribution in [3.8, 4) is 23.0 Å². The molecule has 4 atom stereocenters. The quantitative estimate of drug-likeness (QED) is 0.0578. The number of piperidine rings is 1. The lowest BCUT2D eigenvalue weighted by Crippen LogP contribution is -2.41. The second-order valence-electron chi connectivity index (χ2n) is 32.2. The van der Waals surface area contributed by atoms with Crippen LogP contribution in [0.25, 0.3) is 5.70 Å². The Bertz CT molecular complexity index is 3780. The Morgan fingerprint density at radius 2 is 1.05 bits per heavy atom. The molecular formula is C78H113BrN6O15S. The molecular weight excluding hydrogens is 1370 g/mol. The van der Waals surface area contributed by atoms with Crippen LogP contribution in [-0.2, 0) is 55.0 Å². The van der Waals surface area contributed by atoms with Crippen LogP contribution in [0, 0.1) is 24.7 Å². The minimum Gasteiger partial charge on any atom is -0.508 e. The van der Waals surface area contributed by atoms with Crippen molar-refractivity contribution >= 4 is 67.4 Å². The number of hydrogen-bond donors (Lipinski definition) is 8. The van der Waals surface area contributed by atoms with Gasteiger partial charge in [0.15, 0.2) is 0 Å². The summed E-state index contributed by atoms with van der Waals surface area (Å²) in [5.41, 5.74) is 12.0. The van der Waals surface area contributed by atoms with E-state index in [2.05, 4.69) is 141 Å². The van der Waals surface area contributed by atoms with E-state index in [1.54, 1.807) is 49.9 Å². The van der Waals surface area contributed by atoms with Crippen LogP contribution in [-0.4, -0.2) is 116 Å². The summed E-state index contributed by atoms with van der Waals surface area (Å²) < 4.78 is 39.1. The van der Waals surface area contributed by atoms with E-state index in [0.717, 1.165) is 63.1 Å². The molecule has 0 bridgehead atoms. The molecule has 1 fully saturated rings. The Balaban J connectivity index is 0.000000321. The minimum atomic E-state index is -3.67. The number of nitrogens with zero attached hydrogens (tertiary/aromatic N) is 3. The Morgan fingerprint density at radius 1 is 0.594 bits per heavy atom. The molecule has 3 aliphatic heterocycles. The molecule has 21 nitrogen and oxygen atoms in total. The number of anilines is 1. The van der Waals surface area contributed by atoms with Gasteiger partial charge in [0, 0.05) is 35.4 Å². The molecule has 0 aliphatic carbocycles. The average molecular weight is 1490 g/mol. The smallest absolute Gasteiger partial charge is 0.417 e. The number of nitrogens with one attached hydrogen (secondary N) is 2. The molecule has 1 aromatic heterocycles. The molecule has 1 saturated heterocycles. The van der Waals surface area contributed by atoms with E-state index < -0.39 is 45.2 Å². The summed E-state index contributed by atoms with van der Waals surface area (Å²) >= 11 is 3.38. The van der Waals surface area contributed by atoms with Crippen LogP contribution in [0.5, 0.6) is 23.0 Å². The molecule has 2 unspecified atom stereocenters. The first-order valence-corrected chi connectivity index (χ1v) is 36.5. The predicted molar refractivity (Wildman–Crippen MR) is 403 cm³/mol. The summed E-state index contributed by atoms with van der Waals surface area (Å²) in [5, 5.41) is 53.3. The number of pyridine rings is 1. The highest BCUT2D eigenvalue weighted by molar-refractivity contribution is 9.10. The number of carbonyl (C=O) groups excluding carboxylic acids is 4. The lowest BCUT2D eigenvalue weighted by atomic mass is 9.83. The summed E-state index contributed by atoms with van der Waals surface area (Å²) in [6.45, 7) is 46.5. The third kappa shape index (κ3) is 30.1. The van der Waals surface area contributed by atoms with Gasteiger partial charge >= 0.3 is 34.2 Å². The second-order valence-corrected chi connectivity index (χ2v) is 34.7. The number of phenols is 4. The number of hydrogen-bond acceptors (Lipinski definition) is 16. The first-order chi connectivity index (χ1) is 46.1. The van der Waals surface area contributed by atoms with Gasteiger partial charge in [-0.1, -0.05) is 156 Å². The number of benzene rings is 4. The Kier molecular flexibility index (Phi) is 31.1. The van der Waals surface area contributed by atoms with E-state index in [9.17, 15) is 52.8 Å². The van der Waals surface area contributed by atoms with Gasteiger partial charge in [0.05, 0.1) is 29.4 Å². The fourth-order valence-electron chi connectivity index (χ4n) is 10.4. The number of nitrogens with two attached hydrogens (primary N) is 1. The van der Waals surface area contributed by atoms with Crippen molar-refractivity contribution < 1.29 is 71.6 Å². The van der Waals surface area contributed by atoms with Gasteiger partial charge in [-0.2, -0.15) is 8.42 Å². The van der Waals surface area contributed by atoms with E-state index >= 15 is 0 Å². The number of primary amides is 1. The van der Waals surface area contributed by atoms with Gasteiger partial charge in [-0.3, -0.25) is 19.5 Å². The number of phenolic OH excluding ortho intramolecular Hbond substituents is 4. The van der Waals surface area contributed by atoms with Crippen LogP contribution in [0.4, 0.5) is 15.3 Å². The van der Waals surface area contributed by atoms with Gasteiger partial charge in [0.2, 0.25) is 11.8 Å². The maximum absolute atomic E-state index is 12.7. The van der Waals surface area contributed by atoms with Crippen molar-refractivity contribution in [2.45, 2.75) is 217 Å². The standard InChI is InChI=1S/C21H31NO3.C16H25NO.C12H21NO5S.C11H16O.C10H13BrO.C8H7N3O4/c1-14-8-10-17(22(13-14)19(24)25-21(5,6)7)15-9-11-18(23)16(12-15)20(2,3)4;1-11-5-7-14(17-10-11)12-6-8-15(18)13(9-12)16(2,3)4;1-9-6-7-10(18-19(5,15)16)13(8-9)11(14)17-12(2,3)4;1-8-5-6-10(12)9(7-8)11(2,3)4;1-10(2,3)8-6-7(11)4-5-9(8)12;9-6(12)4-1-5(3-10-2-4)11-7(13)8(14)15/h9-12,14,23H,8,13H2,1-7H3;6,8-9,11,14,17-18H,5,7,10H2,1-4H3;7,9H,6,8H2,1-5H3;5-7,12H,1-4H3;4-6,12H,1-3H3;1-3H,(H2,9,12)(H,11,13)(H,14,15)/t;11-,14+;;;;/m.0..../s1. The van der Waals surface area contributed by atoms with Crippen LogP contribution >= 0.6 is 15.9 Å². The molecule has 4 aromatic carbocycles. The van der Waals surface area contributed by atoms with E-state index in [1.165, 1.54) is 47.3 Å². The summed E-state index contributed by atoms with van der Waals surface area (Å²) in [6, 6.07) is 24.5. The number of aliphatic carboxylic acids is 1. The van der Waals surface area contributed by atoms with Crippen molar-refractivity contribution in [3.63, 3.8) is 0 Å². The molecule has 0 radical (unpaired) electrons. The highest BCUT2D eigenvalue weighted by atomic mass is 79.9. The van der Waals surface area contributed by atoms with Gasteiger partial charge in [-0.15, -0.1) is 0 Å². The fraction of sp³-hybridized carbons (Fsp3) is 0.513. The number of carbonyl (C=O) groups is 5. The zero-order valence-corrected chi connectivity index (χ0v) is 66.0. The predicted octanol–water partition coefficient (Wildman–Crippen LogP) is 16.8. The summed E-state index contributed by atoms with van der Waals surface area (Å²) in [6.07, 6.45) is 10.2. The van der Waals surface area contributed by atoms with Crippen molar-refractivity contribution in [3.05, 3.63) is 158 Å². The number of ether oxygens (including phenoxy) is 2. The van der Waals surface area contributed by atoms with E-state index in [1.807, 2.05) is 82.4 Å². The van der Waals surface area contributed by atoms with E-state index in [0.29, 0.717) is 48.7 Å². The zero-order valence-electron chi connectivity index (χ0n) is 63.6. The monoisotopic (exact) mass is 1480 g/mol. The molecule has 558 valence electrons. The topological polar surface area (TPSA) is 318 Å². The number of allylic oxidation sites excluding steroid dienone is 2. The molecule has 4 amide bonds. The van der Waals surface area contributed by atoms with Crippen molar-refractivity contribution in [2.75, 3.05) is 31.2 Å². The fourth-order valence-corrected chi connectivity index (χ4v) is 11.2. The van der Waals surface area contributed by atoms with E-state index in [4.69, 9.17) is 24.5 Å². The Labute approximate surface area is 608 Å². The third-order valence-electron chi connectivity index (χ3n) is 15.6. The molecule has 3 aliphatic rings. The molecule has 0 spiro atoms. The van der Waals surface area contributed by atoms with Crippen LogP contribution in [0.15, 0.2) is 114 Å². The Morgan fingerprint density at radius 3 is 1.50 bits per heavy atom. The lowest BCUT2D eigenvalue weighted by molar-refractivity contribution is -0.147. The van der Waals surface area contributed by atoms with Gasteiger partial charge in [-0.05, 0) is 209 Å². The summed E-state index contributed by atoms with van der Waals surface area (Å²) in [5.74, 6) is -0.684. The van der Waals surface area contributed by atoms with Gasteiger partial charge in [0.25, 0.3) is 0 Å². The first kappa shape index (κ1) is 87.1. The Hall–Kier alpha value is -8.15. The van der Waals surface area contributed by atoms with Crippen molar-refractivity contribution in [1.82, 2.24) is 20.1 Å². The number of amides is 4. The number of aromatic nitrogens is 1. The van der Waals surface area contributed by atoms with Crippen LogP contribution < -0.4 is 16.4 Å². The average Bonchev–Trinajstić information content (AvgIpc) is 0.803. The summed E-state index contributed by atoms with van der Waals surface area (Å²) in [4.78, 5) is 63.0. The van der Waals surface area contributed by atoms with Crippen LogP contribution in [0.2, 0.25) is 0 Å². The number of carboxylic acids is 1. The highest BCUT2D eigenvalue weighted by Crippen LogP contribution is 2.39. The largest absolute Gasteiger partial charge is 0.508 e. The second kappa shape index (κ2) is 36.1. The zero-order chi connectivity index (χ0) is 77.3. The molecule has 0 saturated carbocycles. The SMILES string of the molecule is CC(C)(C)c1cc(Br)ccc1O.CC1CC=C(OS(C)(=O)=O)N(C(=O)OC(C)(C)C)C1.CC1CC=C(c2ccc(O)c(C(C)(C)C)c2)N(C(=O)OC(C)(C)C)C1.C[C@H]1CC[C@H](c2ccc(O)c(C(C)(C)C)c2)NC1.Cc1ccc(O)c(C(C)(C)C)c1.NC(=O)c1cncc(NC(=O)C(=O)O)c1. The lowest BCUT2D eigenvalue weighted by Gasteiger charge is -2.34. The number of halogens is 1. The van der Waals surface area contributed by atoms with Crippen molar-refractivity contribution in [2.24, 2.45) is 23.5 Å². The molecule has 4 heterocycles. The third-order valence-corrected chi connectivity index (χ3v) is 16.6. The molecule has 8 rings (SSSR count). The molecule has 23 heteroatoms. The van der Waals surface area contributed by atoms with Gasteiger partial charge in [0.1, 0.15) is 34.2 Å². The number of aryl methyl sites for hydroxylation is 1. The first-order valence-electron chi connectivity index (χ1n) is 33.9. The van der Waals surface area contributed by atoms with E-state index in [-0.39, 0.29) is 56.6 Å². The minimum absolute atomic E-state index is 0.00609. The number of rotatable bonds is 6. The normalized spacial score (nSPS) is 17.2. The van der Waals surface area contributed by atoms with Crippen LogP contribution in [0.3, 0.4) is 0 Å². The molecule has 9 N–H and O–H groups in total. The highest BCUT2D eigenvalue weighted by Gasteiger charge is 2.33. The molecule has 5 aromatic rings. The maximum Gasteiger partial charge on any atom is 0.417 e. The van der Waals surface area contributed by atoms with Crippen LogP contribution in [0.1, 0.15) is 226 Å². The number of carboxylic acid groups (broad SMARTS) is 1.